The molecule has 0 amide bonds. The maximum atomic E-state index is 11.8. The highest BCUT2D eigenvalue weighted by Crippen LogP contribution is 2.38. The van der Waals surface area contributed by atoms with Crippen LogP contribution in [0.15, 0.2) is 59.5 Å². The predicted octanol–water partition coefficient (Wildman–Crippen LogP) is 5.10. The molecule has 0 aliphatic rings. The molecular formula is C29H38N4O4S. The monoisotopic (exact) mass is 538 g/mol. The number of nitrogen functional groups attached to an aromatic ring is 1. The zero-order chi connectivity index (χ0) is 27.7. The molecule has 0 radical (unpaired) electrons. The van der Waals surface area contributed by atoms with Gasteiger partial charge in [-0.25, -0.2) is 4.31 Å². The molecule has 1 unspecified atom stereocenters. The lowest BCUT2D eigenvalue weighted by Crippen LogP contribution is -2.13. The largest absolute Gasteiger partial charge is 0.494 e. The van der Waals surface area contributed by atoms with Crippen LogP contribution in [0.25, 0.3) is 0 Å². The number of carboxylic acid groups (broad SMARTS) is 1. The Morgan fingerprint density at radius 1 is 1.13 bits per heavy atom. The molecule has 0 aliphatic carbocycles. The molecule has 3 aromatic carbocycles. The minimum Gasteiger partial charge on any atom is -0.494 e. The zero-order valence-electron chi connectivity index (χ0n) is 22.5. The molecule has 0 fully saturated rings. The summed E-state index contributed by atoms with van der Waals surface area (Å²) in [7, 11) is 5.39. The molecular weight excluding hydrogens is 500 g/mol. The number of nitrogens with zero attached hydrogens (tertiary/aromatic N) is 1. The summed E-state index contributed by atoms with van der Waals surface area (Å²) in [6.45, 7) is 3.98. The van der Waals surface area contributed by atoms with Gasteiger partial charge in [0.1, 0.15) is 11.5 Å². The third-order valence-electron chi connectivity index (χ3n) is 6.28. The lowest BCUT2D eigenvalue weighted by atomic mass is 9.86. The van der Waals surface area contributed by atoms with E-state index < -0.39 is 5.97 Å². The number of anilines is 2. The normalized spacial score (nSPS) is 11.8. The number of nitrogens with one attached hydrogen (secondary N) is 1. The summed E-state index contributed by atoms with van der Waals surface area (Å²) in [5, 5.41) is 12.8. The van der Waals surface area contributed by atoms with Gasteiger partial charge in [0, 0.05) is 24.4 Å². The third-order valence-corrected chi connectivity index (χ3v) is 7.20. The van der Waals surface area contributed by atoms with Crippen LogP contribution >= 0.6 is 11.9 Å². The molecule has 0 spiro atoms. The van der Waals surface area contributed by atoms with E-state index >= 15 is 0 Å². The highest BCUT2D eigenvalue weighted by Gasteiger charge is 2.22. The average molecular weight is 539 g/mol. The van der Waals surface area contributed by atoms with Crippen LogP contribution in [0.1, 0.15) is 41.0 Å². The van der Waals surface area contributed by atoms with Gasteiger partial charge in [-0.2, -0.15) is 0 Å². The Hall–Kier alpha value is -3.40. The van der Waals surface area contributed by atoms with E-state index in [0.29, 0.717) is 36.8 Å². The Bertz CT molecular complexity index is 1220. The molecule has 0 bridgehead atoms. The first-order valence-corrected chi connectivity index (χ1v) is 13.3. The fraction of sp³-hybridized carbons (Fsp3) is 0.345. The number of carbonyl (C=O) groups is 1. The minimum absolute atomic E-state index is 0.0612. The van der Waals surface area contributed by atoms with Crippen molar-refractivity contribution in [3.63, 3.8) is 0 Å². The topological polar surface area (TPSA) is 123 Å². The first-order valence-electron chi connectivity index (χ1n) is 12.5. The lowest BCUT2D eigenvalue weighted by Gasteiger charge is -2.22. The second-order valence-electron chi connectivity index (χ2n) is 9.11. The van der Waals surface area contributed by atoms with Crippen LogP contribution in [-0.4, -0.2) is 49.7 Å². The fourth-order valence-electron chi connectivity index (χ4n) is 4.29. The molecule has 1 atom stereocenters. The molecule has 0 saturated heterocycles. The van der Waals surface area contributed by atoms with Crippen molar-refractivity contribution in [2.75, 3.05) is 45.4 Å². The summed E-state index contributed by atoms with van der Waals surface area (Å²) in [6.07, 6.45) is 0.765. The summed E-state index contributed by atoms with van der Waals surface area (Å²) in [4.78, 5) is 12.9. The van der Waals surface area contributed by atoms with E-state index in [2.05, 4.69) is 22.6 Å². The fourth-order valence-corrected chi connectivity index (χ4v) is 5.11. The zero-order valence-corrected chi connectivity index (χ0v) is 23.3. The summed E-state index contributed by atoms with van der Waals surface area (Å²) in [5.41, 5.74) is 17.0. The van der Waals surface area contributed by atoms with E-state index in [0.717, 1.165) is 39.3 Å². The number of rotatable bonds is 14. The number of aliphatic carboxylic acids is 1. The molecule has 9 heteroatoms. The second-order valence-corrected chi connectivity index (χ2v) is 10.4. The maximum absolute atomic E-state index is 11.8. The molecule has 38 heavy (non-hydrogen) atoms. The quantitative estimate of drug-likeness (QED) is 0.126. The van der Waals surface area contributed by atoms with E-state index in [-0.39, 0.29) is 12.3 Å². The van der Waals surface area contributed by atoms with E-state index in [1.165, 1.54) is 0 Å². The van der Waals surface area contributed by atoms with E-state index in [1.54, 1.807) is 26.1 Å². The first kappa shape index (κ1) is 29.2. The Morgan fingerprint density at radius 2 is 1.87 bits per heavy atom. The smallest absolute Gasteiger partial charge is 0.304 e. The van der Waals surface area contributed by atoms with Crippen LogP contribution in [0, 0.1) is 6.92 Å². The number of carboxylic acids is 1. The van der Waals surface area contributed by atoms with Crippen molar-refractivity contribution >= 4 is 29.3 Å². The summed E-state index contributed by atoms with van der Waals surface area (Å²) in [6, 6.07) is 17.8. The summed E-state index contributed by atoms with van der Waals surface area (Å²) in [5.74, 6) is 0.157. The van der Waals surface area contributed by atoms with Crippen molar-refractivity contribution in [2.45, 2.75) is 37.1 Å². The number of nitrogens with two attached hydrogens (primary N) is 2. The van der Waals surface area contributed by atoms with E-state index in [4.69, 9.17) is 20.9 Å². The highest BCUT2D eigenvalue weighted by molar-refractivity contribution is 7.97. The maximum Gasteiger partial charge on any atom is 0.304 e. The molecule has 3 rings (SSSR count). The van der Waals surface area contributed by atoms with Gasteiger partial charge in [0.05, 0.1) is 31.5 Å². The standard InChI is InChI=1S/C29H38N4O4S/c1-19-6-7-20(25(17-28(34)35)21-15-26(31)29(32-2)27(16-21)36-4)14-22(19)18-33(3)38-24-10-8-23(9-11-24)37-13-5-12-30/h6-11,14-16,25,32H,5,12-13,17-18,30-31H2,1-4H3,(H,34,35). The van der Waals surface area contributed by atoms with Crippen molar-refractivity contribution in [1.29, 1.82) is 0 Å². The molecule has 6 N–H and O–H groups in total. The van der Waals surface area contributed by atoms with Crippen molar-refractivity contribution < 1.29 is 19.4 Å². The van der Waals surface area contributed by atoms with Crippen molar-refractivity contribution in [2.24, 2.45) is 5.73 Å². The van der Waals surface area contributed by atoms with Crippen LogP contribution in [-0.2, 0) is 11.3 Å². The Kier molecular flexibility index (Phi) is 10.7. The first-order chi connectivity index (χ1) is 18.2. The predicted molar refractivity (Wildman–Crippen MR) is 155 cm³/mol. The molecule has 8 nitrogen and oxygen atoms in total. The van der Waals surface area contributed by atoms with Crippen LogP contribution in [0.5, 0.6) is 11.5 Å². The Labute approximate surface area is 229 Å². The average Bonchev–Trinajstić information content (AvgIpc) is 2.89. The van der Waals surface area contributed by atoms with Gasteiger partial charge in [-0.1, -0.05) is 18.2 Å². The minimum atomic E-state index is -0.879. The highest BCUT2D eigenvalue weighted by atomic mass is 32.2. The van der Waals surface area contributed by atoms with Crippen LogP contribution in [0.4, 0.5) is 11.4 Å². The van der Waals surface area contributed by atoms with E-state index in [1.807, 2.05) is 55.6 Å². The van der Waals surface area contributed by atoms with Gasteiger partial charge in [0.15, 0.2) is 0 Å². The van der Waals surface area contributed by atoms with Gasteiger partial charge in [-0.15, -0.1) is 0 Å². The number of benzene rings is 3. The number of hydrogen-bond donors (Lipinski definition) is 4. The van der Waals surface area contributed by atoms with Crippen molar-refractivity contribution in [3.05, 3.63) is 76.9 Å². The van der Waals surface area contributed by atoms with Crippen molar-refractivity contribution in [1.82, 2.24) is 4.31 Å². The molecule has 0 aliphatic heterocycles. The lowest BCUT2D eigenvalue weighted by molar-refractivity contribution is -0.137. The number of methoxy groups -OCH3 is 1. The van der Waals surface area contributed by atoms with Gasteiger partial charge in [0.25, 0.3) is 0 Å². The van der Waals surface area contributed by atoms with Gasteiger partial charge >= 0.3 is 5.97 Å². The summed E-state index contributed by atoms with van der Waals surface area (Å²) < 4.78 is 13.4. The SMILES string of the molecule is CNc1c(N)cc(C(CC(=O)O)c2ccc(C)c(CN(C)Sc3ccc(OCCCN)cc3)c2)cc1OC. The van der Waals surface area contributed by atoms with Crippen molar-refractivity contribution in [3.8, 4) is 11.5 Å². The van der Waals surface area contributed by atoms with Crippen LogP contribution in [0.2, 0.25) is 0 Å². The van der Waals surface area contributed by atoms with Gasteiger partial charge in [-0.3, -0.25) is 4.79 Å². The van der Waals surface area contributed by atoms with Gasteiger partial charge in [-0.05, 0) is 97.5 Å². The number of hydrogen-bond acceptors (Lipinski definition) is 8. The van der Waals surface area contributed by atoms with Crippen LogP contribution < -0.4 is 26.3 Å². The molecule has 0 saturated carbocycles. The Balaban J connectivity index is 1.81. The molecule has 0 heterocycles. The van der Waals surface area contributed by atoms with E-state index in [9.17, 15) is 9.90 Å². The second kappa shape index (κ2) is 13.9. The van der Waals surface area contributed by atoms with Gasteiger partial charge < -0.3 is 31.4 Å². The molecule has 204 valence electrons. The number of aryl methyl sites for hydroxylation is 1. The Morgan fingerprint density at radius 3 is 2.50 bits per heavy atom. The van der Waals surface area contributed by atoms with Gasteiger partial charge in [0.2, 0.25) is 0 Å². The number of ether oxygens (including phenoxy) is 2. The molecule has 3 aromatic rings. The van der Waals surface area contributed by atoms with Crippen LogP contribution in [0.3, 0.4) is 0 Å². The summed E-state index contributed by atoms with van der Waals surface area (Å²) >= 11 is 1.64. The third kappa shape index (κ3) is 7.80. The molecule has 0 aromatic heterocycles.